The van der Waals surface area contributed by atoms with E-state index in [1.54, 1.807) is 22.7 Å². The van der Waals surface area contributed by atoms with Crippen LogP contribution in [0.5, 0.6) is 0 Å². The molecule has 0 aliphatic rings. The molecule has 0 radical (unpaired) electrons. The molecule has 0 unspecified atom stereocenters. The predicted molar refractivity (Wildman–Crippen MR) is 58.2 cm³/mol. The van der Waals surface area contributed by atoms with Crippen LogP contribution in [0.4, 0.5) is 0 Å². The molecule has 0 saturated heterocycles. The van der Waals surface area contributed by atoms with Crippen molar-refractivity contribution >= 4 is 22.7 Å². The van der Waals surface area contributed by atoms with Gasteiger partial charge in [0.25, 0.3) is 0 Å². The quantitative estimate of drug-likeness (QED) is 0.842. The molecule has 0 fully saturated rings. The third-order valence-corrected chi connectivity index (χ3v) is 3.67. The number of rotatable bonds is 3. The van der Waals surface area contributed by atoms with Crippen LogP contribution in [0, 0.1) is 0 Å². The van der Waals surface area contributed by atoms with Crippen molar-refractivity contribution in [3.63, 3.8) is 0 Å². The first-order chi connectivity index (χ1) is 6.40. The van der Waals surface area contributed by atoms with Crippen LogP contribution in [0.2, 0.25) is 0 Å². The van der Waals surface area contributed by atoms with Crippen molar-refractivity contribution in [1.82, 2.24) is 10.3 Å². The molecule has 0 atom stereocenters. The Morgan fingerprint density at radius 2 is 2.46 bits per heavy atom. The highest BCUT2D eigenvalue weighted by atomic mass is 32.1. The van der Waals surface area contributed by atoms with Crippen molar-refractivity contribution in [3.05, 3.63) is 28.6 Å². The smallest absolute Gasteiger partial charge is 0.133 e. The number of nitrogens with zero attached hydrogens (tertiary/aromatic N) is 1. The molecule has 2 nitrogen and oxygen atoms in total. The number of aromatic nitrogens is 1. The highest BCUT2D eigenvalue weighted by molar-refractivity contribution is 7.20. The van der Waals surface area contributed by atoms with Crippen LogP contribution in [0.3, 0.4) is 0 Å². The number of thiophene rings is 1. The largest absolute Gasteiger partial charge is 0.315 e. The van der Waals surface area contributed by atoms with E-state index in [-0.39, 0.29) is 0 Å². The molecule has 2 aromatic rings. The van der Waals surface area contributed by atoms with Gasteiger partial charge < -0.3 is 5.32 Å². The third-order valence-electron chi connectivity index (χ3n) is 1.64. The zero-order chi connectivity index (χ0) is 9.10. The second-order valence-electron chi connectivity index (χ2n) is 2.64. The topological polar surface area (TPSA) is 24.9 Å². The Bertz CT molecular complexity index is 365. The van der Waals surface area contributed by atoms with Gasteiger partial charge in [-0.2, -0.15) is 0 Å². The van der Waals surface area contributed by atoms with Gasteiger partial charge in [-0.3, -0.25) is 0 Å². The molecule has 0 bridgehead atoms. The summed E-state index contributed by atoms with van der Waals surface area (Å²) in [5.74, 6) is 0. The van der Waals surface area contributed by atoms with Gasteiger partial charge in [0.05, 0.1) is 4.88 Å². The average molecular weight is 210 g/mol. The molecular formula is C9H10N2S2. The fraction of sp³-hybridized carbons (Fsp3) is 0.222. The minimum absolute atomic E-state index is 0.906. The Hall–Kier alpha value is -0.710. The van der Waals surface area contributed by atoms with Crippen molar-refractivity contribution in [2.45, 2.75) is 6.54 Å². The second kappa shape index (κ2) is 4.00. The molecule has 2 aromatic heterocycles. The highest BCUT2D eigenvalue weighted by Gasteiger charge is 2.03. The fourth-order valence-electron chi connectivity index (χ4n) is 1.08. The Kier molecular flexibility index (Phi) is 2.73. The van der Waals surface area contributed by atoms with Gasteiger partial charge >= 0.3 is 0 Å². The lowest BCUT2D eigenvalue weighted by Crippen LogP contribution is -2.02. The Morgan fingerprint density at radius 3 is 3.15 bits per heavy atom. The summed E-state index contributed by atoms with van der Waals surface area (Å²) >= 11 is 3.49. The zero-order valence-corrected chi connectivity index (χ0v) is 8.91. The standard InChI is InChI=1S/C9H10N2S2/c1-10-5-7-6-11-9(13-7)8-3-2-4-12-8/h2-4,6,10H,5H2,1H3. The van der Waals surface area contributed by atoms with E-state index in [2.05, 4.69) is 27.8 Å². The fourth-order valence-corrected chi connectivity index (χ4v) is 2.81. The van der Waals surface area contributed by atoms with Crippen molar-refractivity contribution in [1.29, 1.82) is 0 Å². The minimum Gasteiger partial charge on any atom is -0.315 e. The summed E-state index contributed by atoms with van der Waals surface area (Å²) in [6, 6.07) is 4.16. The van der Waals surface area contributed by atoms with E-state index in [4.69, 9.17) is 0 Å². The van der Waals surface area contributed by atoms with Crippen LogP contribution in [-0.4, -0.2) is 12.0 Å². The molecule has 4 heteroatoms. The maximum absolute atomic E-state index is 4.37. The van der Waals surface area contributed by atoms with Crippen LogP contribution in [0.25, 0.3) is 9.88 Å². The predicted octanol–water partition coefficient (Wildman–Crippen LogP) is 2.59. The van der Waals surface area contributed by atoms with Crippen molar-refractivity contribution in [2.24, 2.45) is 0 Å². The molecule has 1 N–H and O–H groups in total. The van der Waals surface area contributed by atoms with Crippen molar-refractivity contribution < 1.29 is 0 Å². The summed E-state index contributed by atoms with van der Waals surface area (Å²) < 4.78 is 0. The van der Waals surface area contributed by atoms with Gasteiger partial charge in [0, 0.05) is 17.6 Å². The van der Waals surface area contributed by atoms with Crippen LogP contribution >= 0.6 is 22.7 Å². The molecule has 0 aliphatic heterocycles. The summed E-state index contributed by atoms with van der Waals surface area (Å²) in [5.41, 5.74) is 0. The van der Waals surface area contributed by atoms with Crippen molar-refractivity contribution in [2.75, 3.05) is 7.05 Å². The maximum atomic E-state index is 4.37. The molecule has 0 spiro atoms. The van der Waals surface area contributed by atoms with E-state index >= 15 is 0 Å². The summed E-state index contributed by atoms with van der Waals surface area (Å²) in [6.45, 7) is 0.906. The lowest BCUT2D eigenvalue weighted by Gasteiger charge is -1.90. The van der Waals surface area contributed by atoms with E-state index in [1.807, 2.05) is 13.2 Å². The van der Waals surface area contributed by atoms with Gasteiger partial charge in [-0.25, -0.2) is 4.98 Å². The SMILES string of the molecule is CNCc1cnc(-c2cccs2)s1. The van der Waals surface area contributed by atoms with Gasteiger partial charge in [-0.1, -0.05) is 6.07 Å². The summed E-state index contributed by atoms with van der Waals surface area (Å²) in [5, 5.41) is 6.32. The van der Waals surface area contributed by atoms with Gasteiger partial charge in [-0.15, -0.1) is 22.7 Å². The third kappa shape index (κ3) is 1.96. The molecule has 0 saturated carbocycles. The zero-order valence-electron chi connectivity index (χ0n) is 7.28. The first-order valence-corrected chi connectivity index (χ1v) is 5.73. The summed E-state index contributed by atoms with van der Waals surface area (Å²) in [4.78, 5) is 6.91. The van der Waals surface area contributed by atoms with Crippen LogP contribution < -0.4 is 5.32 Å². The number of thiazole rings is 1. The van der Waals surface area contributed by atoms with Gasteiger partial charge in [0.15, 0.2) is 0 Å². The maximum Gasteiger partial charge on any atom is 0.133 e. The molecule has 2 heterocycles. The van der Waals surface area contributed by atoms with E-state index in [0.29, 0.717) is 0 Å². The van der Waals surface area contributed by atoms with E-state index < -0.39 is 0 Å². The van der Waals surface area contributed by atoms with Gasteiger partial charge in [-0.05, 0) is 18.5 Å². The van der Waals surface area contributed by atoms with Crippen LogP contribution in [0.15, 0.2) is 23.7 Å². The number of nitrogens with one attached hydrogen (secondary N) is 1. The Balaban J connectivity index is 2.23. The monoisotopic (exact) mass is 210 g/mol. The van der Waals surface area contributed by atoms with Crippen LogP contribution in [0.1, 0.15) is 4.88 Å². The first-order valence-electron chi connectivity index (χ1n) is 4.03. The lowest BCUT2D eigenvalue weighted by atomic mass is 10.5. The van der Waals surface area contributed by atoms with E-state index in [0.717, 1.165) is 11.6 Å². The van der Waals surface area contributed by atoms with Gasteiger partial charge in [0.1, 0.15) is 5.01 Å². The first kappa shape index (κ1) is 8.87. The van der Waals surface area contributed by atoms with Crippen molar-refractivity contribution in [3.8, 4) is 9.88 Å². The Morgan fingerprint density at radius 1 is 1.54 bits per heavy atom. The normalized spacial score (nSPS) is 10.5. The number of hydrogen-bond acceptors (Lipinski definition) is 4. The summed E-state index contributed by atoms with van der Waals surface area (Å²) in [7, 11) is 1.95. The molecule has 0 aromatic carbocycles. The highest BCUT2D eigenvalue weighted by Crippen LogP contribution is 2.28. The van der Waals surface area contributed by atoms with E-state index in [9.17, 15) is 0 Å². The minimum atomic E-state index is 0.906. The second-order valence-corrected chi connectivity index (χ2v) is 4.70. The summed E-state index contributed by atoms with van der Waals surface area (Å²) in [6.07, 6.45) is 1.94. The molecule has 2 rings (SSSR count). The van der Waals surface area contributed by atoms with E-state index in [1.165, 1.54) is 9.75 Å². The van der Waals surface area contributed by atoms with Gasteiger partial charge in [0.2, 0.25) is 0 Å². The molecule has 0 amide bonds. The molecule has 13 heavy (non-hydrogen) atoms. The average Bonchev–Trinajstić information content (AvgIpc) is 2.70. The lowest BCUT2D eigenvalue weighted by molar-refractivity contribution is 0.829. The molecule has 0 aliphatic carbocycles. The van der Waals surface area contributed by atoms with Crippen LogP contribution in [-0.2, 0) is 6.54 Å². The molecule has 68 valence electrons. The Labute approximate surface area is 85.3 Å². The molecular weight excluding hydrogens is 200 g/mol. The number of hydrogen-bond donors (Lipinski definition) is 1.